The average Bonchev–Trinajstić information content (AvgIpc) is 2.66. The Balaban J connectivity index is 2.03. The minimum absolute atomic E-state index is 0.0253. The smallest absolute Gasteiger partial charge is 0.243 e. The number of carbonyl (C=O) groups excluding carboxylic acids is 1. The van der Waals surface area contributed by atoms with Crippen LogP contribution in [-0.2, 0) is 11.2 Å². The lowest BCUT2D eigenvalue weighted by molar-refractivity contribution is -0.127. The van der Waals surface area contributed by atoms with Crippen LogP contribution >= 0.6 is 0 Å². The van der Waals surface area contributed by atoms with Gasteiger partial charge in [-0.3, -0.25) is 4.79 Å². The summed E-state index contributed by atoms with van der Waals surface area (Å²) in [6.07, 6.45) is 0.891. The van der Waals surface area contributed by atoms with E-state index in [9.17, 15) is 4.79 Å². The molecular formula is C22H30N4O. The molecule has 27 heavy (non-hydrogen) atoms. The van der Waals surface area contributed by atoms with Gasteiger partial charge in [-0.05, 0) is 37.0 Å². The normalized spacial score (nSPS) is 12.4. The summed E-state index contributed by atoms with van der Waals surface area (Å²) >= 11 is 0. The van der Waals surface area contributed by atoms with Crippen molar-refractivity contribution in [3.05, 3.63) is 71.3 Å². The monoisotopic (exact) mass is 366 g/mol. The number of hydrogen-bond acceptors (Lipinski definition) is 2. The molecular weight excluding hydrogens is 336 g/mol. The Bertz CT molecular complexity index is 756. The molecule has 0 fully saturated rings. The Morgan fingerprint density at radius 3 is 2.41 bits per heavy atom. The van der Waals surface area contributed by atoms with E-state index in [0.29, 0.717) is 5.96 Å². The largest absolute Gasteiger partial charge is 0.356 e. The van der Waals surface area contributed by atoms with Crippen LogP contribution in [0.5, 0.6) is 0 Å². The molecule has 0 aromatic heterocycles. The van der Waals surface area contributed by atoms with Crippen molar-refractivity contribution in [3.8, 4) is 0 Å². The predicted octanol–water partition coefficient (Wildman–Crippen LogP) is 2.92. The number of nitrogens with zero attached hydrogens (tertiary/aromatic N) is 2. The van der Waals surface area contributed by atoms with Crippen LogP contribution in [0.25, 0.3) is 0 Å². The maximum atomic E-state index is 11.9. The lowest BCUT2D eigenvalue weighted by Crippen LogP contribution is -2.40. The molecule has 144 valence electrons. The summed E-state index contributed by atoms with van der Waals surface area (Å²) in [5.41, 5.74) is 3.71. The SMILES string of the molecule is Cc1ccccc1C(C)NC(=NCC(=O)N(C)C)NCCc1ccccc1. The second-order valence-electron chi connectivity index (χ2n) is 6.84. The fraction of sp³-hybridized carbons (Fsp3) is 0.364. The van der Waals surface area contributed by atoms with E-state index in [-0.39, 0.29) is 18.5 Å². The summed E-state index contributed by atoms with van der Waals surface area (Å²) < 4.78 is 0. The Morgan fingerprint density at radius 2 is 1.74 bits per heavy atom. The fourth-order valence-electron chi connectivity index (χ4n) is 2.77. The molecule has 0 bridgehead atoms. The molecule has 2 aromatic carbocycles. The predicted molar refractivity (Wildman–Crippen MR) is 112 cm³/mol. The standard InChI is InChI=1S/C22H30N4O/c1-17-10-8-9-13-20(17)18(2)25-22(24-16-21(27)26(3)4)23-15-14-19-11-6-5-7-12-19/h5-13,18H,14-16H2,1-4H3,(H2,23,24,25). The highest BCUT2D eigenvalue weighted by Crippen LogP contribution is 2.16. The maximum absolute atomic E-state index is 11.9. The van der Waals surface area contributed by atoms with E-state index in [1.807, 2.05) is 30.3 Å². The number of aliphatic imine (C=N–C) groups is 1. The lowest BCUT2D eigenvalue weighted by atomic mass is 10.0. The highest BCUT2D eigenvalue weighted by molar-refractivity contribution is 5.85. The third-order valence-electron chi connectivity index (χ3n) is 4.43. The van der Waals surface area contributed by atoms with Crippen molar-refractivity contribution in [2.24, 2.45) is 4.99 Å². The van der Waals surface area contributed by atoms with Crippen LogP contribution < -0.4 is 10.6 Å². The molecule has 2 N–H and O–H groups in total. The van der Waals surface area contributed by atoms with Gasteiger partial charge in [-0.1, -0.05) is 54.6 Å². The molecule has 5 heteroatoms. The number of hydrogen-bond donors (Lipinski definition) is 2. The number of carbonyl (C=O) groups is 1. The Labute approximate surface area is 162 Å². The van der Waals surface area contributed by atoms with Crippen molar-refractivity contribution < 1.29 is 4.79 Å². The van der Waals surface area contributed by atoms with Crippen molar-refractivity contribution >= 4 is 11.9 Å². The van der Waals surface area contributed by atoms with E-state index in [4.69, 9.17) is 0 Å². The van der Waals surface area contributed by atoms with Gasteiger partial charge in [-0.15, -0.1) is 0 Å². The van der Waals surface area contributed by atoms with Gasteiger partial charge in [0, 0.05) is 20.6 Å². The third kappa shape index (κ3) is 6.77. The van der Waals surface area contributed by atoms with Crippen LogP contribution in [0.1, 0.15) is 29.7 Å². The van der Waals surface area contributed by atoms with Crippen LogP contribution in [0.3, 0.4) is 0 Å². The molecule has 1 unspecified atom stereocenters. The molecule has 1 atom stereocenters. The third-order valence-corrected chi connectivity index (χ3v) is 4.43. The van der Waals surface area contributed by atoms with Gasteiger partial charge in [0.15, 0.2) is 5.96 Å². The van der Waals surface area contributed by atoms with Gasteiger partial charge in [-0.2, -0.15) is 0 Å². The first-order valence-corrected chi connectivity index (χ1v) is 9.32. The van der Waals surface area contributed by atoms with Gasteiger partial charge >= 0.3 is 0 Å². The average molecular weight is 367 g/mol. The van der Waals surface area contributed by atoms with E-state index < -0.39 is 0 Å². The Kier molecular flexibility index (Phi) is 7.86. The number of benzene rings is 2. The number of likely N-dealkylation sites (N-methyl/N-ethyl adjacent to an activating group) is 1. The Hall–Kier alpha value is -2.82. The minimum Gasteiger partial charge on any atom is -0.356 e. The van der Waals surface area contributed by atoms with Gasteiger partial charge in [0.05, 0.1) is 6.04 Å². The van der Waals surface area contributed by atoms with Crippen LogP contribution in [0.2, 0.25) is 0 Å². The number of nitrogens with one attached hydrogen (secondary N) is 2. The highest BCUT2D eigenvalue weighted by Gasteiger charge is 2.11. The molecule has 0 spiro atoms. The van der Waals surface area contributed by atoms with Crippen molar-refractivity contribution in [3.63, 3.8) is 0 Å². The topological polar surface area (TPSA) is 56.7 Å². The van der Waals surface area contributed by atoms with E-state index in [1.54, 1.807) is 19.0 Å². The van der Waals surface area contributed by atoms with Crippen LogP contribution in [-0.4, -0.2) is 44.0 Å². The van der Waals surface area contributed by atoms with Crippen LogP contribution in [0, 0.1) is 6.92 Å². The van der Waals surface area contributed by atoms with Gasteiger partial charge in [0.1, 0.15) is 6.54 Å². The quantitative estimate of drug-likeness (QED) is 0.585. The van der Waals surface area contributed by atoms with Crippen molar-refractivity contribution in [2.45, 2.75) is 26.3 Å². The maximum Gasteiger partial charge on any atom is 0.243 e. The van der Waals surface area contributed by atoms with Crippen molar-refractivity contribution in [1.82, 2.24) is 15.5 Å². The van der Waals surface area contributed by atoms with E-state index in [0.717, 1.165) is 13.0 Å². The molecule has 0 saturated carbocycles. The number of amides is 1. The fourth-order valence-corrected chi connectivity index (χ4v) is 2.77. The zero-order chi connectivity index (χ0) is 19.6. The summed E-state index contributed by atoms with van der Waals surface area (Å²) in [5, 5.41) is 6.77. The molecule has 1 amide bonds. The first kappa shape index (κ1) is 20.5. The molecule has 0 saturated heterocycles. The minimum atomic E-state index is -0.0253. The second kappa shape index (κ2) is 10.4. The zero-order valence-corrected chi connectivity index (χ0v) is 16.7. The summed E-state index contributed by atoms with van der Waals surface area (Å²) in [6, 6.07) is 18.7. The first-order chi connectivity index (χ1) is 13.0. The molecule has 0 radical (unpaired) electrons. The molecule has 2 aromatic rings. The number of aryl methyl sites for hydroxylation is 1. The van der Waals surface area contributed by atoms with Gasteiger partial charge < -0.3 is 15.5 Å². The number of guanidine groups is 1. The molecule has 5 nitrogen and oxygen atoms in total. The summed E-state index contributed by atoms with van der Waals surface area (Å²) in [5.74, 6) is 0.625. The lowest BCUT2D eigenvalue weighted by Gasteiger charge is -2.20. The number of rotatable bonds is 7. The molecule has 0 heterocycles. The van der Waals surface area contributed by atoms with Gasteiger partial charge in [-0.25, -0.2) is 4.99 Å². The summed E-state index contributed by atoms with van der Waals surface area (Å²) in [4.78, 5) is 17.9. The van der Waals surface area contributed by atoms with E-state index in [2.05, 4.69) is 53.7 Å². The van der Waals surface area contributed by atoms with E-state index >= 15 is 0 Å². The van der Waals surface area contributed by atoms with Crippen molar-refractivity contribution in [1.29, 1.82) is 0 Å². The van der Waals surface area contributed by atoms with Gasteiger partial charge in [0.2, 0.25) is 5.91 Å². The summed E-state index contributed by atoms with van der Waals surface area (Å²) in [6.45, 7) is 5.06. The summed E-state index contributed by atoms with van der Waals surface area (Å²) in [7, 11) is 3.48. The van der Waals surface area contributed by atoms with E-state index in [1.165, 1.54) is 16.7 Å². The van der Waals surface area contributed by atoms with Crippen LogP contribution in [0.4, 0.5) is 0 Å². The molecule has 2 rings (SSSR count). The van der Waals surface area contributed by atoms with Crippen molar-refractivity contribution in [2.75, 3.05) is 27.2 Å². The zero-order valence-electron chi connectivity index (χ0n) is 16.7. The molecule has 0 aliphatic rings. The van der Waals surface area contributed by atoms with Gasteiger partial charge in [0.25, 0.3) is 0 Å². The molecule has 0 aliphatic carbocycles. The van der Waals surface area contributed by atoms with Crippen LogP contribution in [0.15, 0.2) is 59.6 Å². The first-order valence-electron chi connectivity index (χ1n) is 9.32. The molecule has 0 aliphatic heterocycles. The highest BCUT2D eigenvalue weighted by atomic mass is 16.2. The second-order valence-corrected chi connectivity index (χ2v) is 6.84. The Morgan fingerprint density at radius 1 is 1.07 bits per heavy atom.